The molecule has 1 amide bonds. The van der Waals surface area contributed by atoms with Crippen molar-refractivity contribution in [2.45, 2.75) is 32.4 Å². The van der Waals surface area contributed by atoms with Crippen molar-refractivity contribution in [2.75, 3.05) is 26.2 Å². The number of carbonyl (C=O) groups is 1. The van der Waals surface area contributed by atoms with Crippen molar-refractivity contribution in [2.24, 2.45) is 5.73 Å². The third-order valence-electron chi connectivity index (χ3n) is 4.25. The molecule has 4 nitrogen and oxygen atoms in total. The molecular formula is C16H24ClN3O. The van der Waals surface area contributed by atoms with Crippen molar-refractivity contribution in [3.8, 4) is 0 Å². The van der Waals surface area contributed by atoms with Crippen LogP contribution in [0.4, 0.5) is 0 Å². The maximum absolute atomic E-state index is 11.5. The Hall–Kier alpha value is -1.10. The predicted octanol–water partition coefficient (Wildman–Crippen LogP) is 2.28. The highest BCUT2D eigenvalue weighted by Crippen LogP contribution is 2.31. The summed E-state index contributed by atoms with van der Waals surface area (Å²) in [5.41, 5.74) is 7.45. The Kier molecular flexibility index (Phi) is 5.62. The van der Waals surface area contributed by atoms with Crippen LogP contribution in [-0.2, 0) is 4.79 Å². The molecule has 0 aromatic heterocycles. The number of hydrogen-bond acceptors (Lipinski definition) is 3. The highest BCUT2D eigenvalue weighted by Gasteiger charge is 2.30. The Morgan fingerprint density at radius 2 is 1.90 bits per heavy atom. The van der Waals surface area contributed by atoms with E-state index in [1.807, 2.05) is 23.1 Å². The van der Waals surface area contributed by atoms with E-state index in [1.54, 1.807) is 6.92 Å². The number of amides is 1. The minimum absolute atomic E-state index is 0.0359. The van der Waals surface area contributed by atoms with Crippen LogP contribution in [0.5, 0.6) is 0 Å². The zero-order valence-corrected chi connectivity index (χ0v) is 13.5. The quantitative estimate of drug-likeness (QED) is 0.928. The van der Waals surface area contributed by atoms with Crippen molar-refractivity contribution in [3.63, 3.8) is 0 Å². The van der Waals surface area contributed by atoms with Crippen LogP contribution in [0.1, 0.15) is 31.9 Å². The summed E-state index contributed by atoms with van der Waals surface area (Å²) in [7, 11) is 0. The van der Waals surface area contributed by atoms with Crippen LogP contribution in [0.15, 0.2) is 24.3 Å². The minimum Gasteiger partial charge on any atom is -0.340 e. The van der Waals surface area contributed by atoms with Gasteiger partial charge in [0.05, 0.1) is 6.04 Å². The van der Waals surface area contributed by atoms with Crippen LogP contribution in [0.25, 0.3) is 0 Å². The molecule has 2 atom stereocenters. The molecule has 21 heavy (non-hydrogen) atoms. The number of rotatable bonds is 4. The molecule has 2 unspecified atom stereocenters. The average molecular weight is 310 g/mol. The molecule has 116 valence electrons. The molecule has 1 aliphatic rings. The fourth-order valence-corrected chi connectivity index (χ4v) is 3.20. The summed E-state index contributed by atoms with van der Waals surface area (Å²) in [4.78, 5) is 15.7. The number of piperazine rings is 1. The van der Waals surface area contributed by atoms with Crippen LogP contribution >= 0.6 is 11.6 Å². The maximum atomic E-state index is 11.5. The molecule has 0 bridgehead atoms. The van der Waals surface area contributed by atoms with E-state index in [4.69, 9.17) is 17.3 Å². The van der Waals surface area contributed by atoms with E-state index < -0.39 is 0 Å². The monoisotopic (exact) mass is 309 g/mol. The minimum atomic E-state index is 0.0359. The highest BCUT2D eigenvalue weighted by atomic mass is 35.5. The predicted molar refractivity (Wildman–Crippen MR) is 86.3 cm³/mol. The molecule has 5 heteroatoms. The molecule has 0 saturated carbocycles. The number of hydrogen-bond donors (Lipinski definition) is 1. The van der Waals surface area contributed by atoms with Crippen LogP contribution in [0, 0.1) is 0 Å². The first-order chi connectivity index (χ1) is 10.0. The van der Waals surface area contributed by atoms with Gasteiger partial charge >= 0.3 is 0 Å². The van der Waals surface area contributed by atoms with E-state index >= 15 is 0 Å². The summed E-state index contributed by atoms with van der Waals surface area (Å²) >= 11 is 6.37. The lowest BCUT2D eigenvalue weighted by Gasteiger charge is -2.41. The summed E-state index contributed by atoms with van der Waals surface area (Å²) in [6.45, 7) is 6.91. The zero-order chi connectivity index (χ0) is 15.4. The van der Waals surface area contributed by atoms with Crippen molar-refractivity contribution < 1.29 is 4.79 Å². The largest absolute Gasteiger partial charge is 0.340 e. The number of nitrogens with two attached hydrogens (primary N) is 1. The third kappa shape index (κ3) is 3.76. The highest BCUT2D eigenvalue weighted by molar-refractivity contribution is 6.31. The first-order valence-electron chi connectivity index (χ1n) is 7.54. The van der Waals surface area contributed by atoms with Gasteiger partial charge in [0.1, 0.15) is 0 Å². The first-order valence-corrected chi connectivity index (χ1v) is 7.92. The Labute approximate surface area is 131 Å². The summed E-state index contributed by atoms with van der Waals surface area (Å²) in [6.07, 6.45) is 0.892. The van der Waals surface area contributed by atoms with Gasteiger partial charge in [0.15, 0.2) is 0 Å². The van der Waals surface area contributed by atoms with E-state index in [0.717, 1.165) is 43.2 Å². The van der Waals surface area contributed by atoms with E-state index in [0.29, 0.717) is 0 Å². The second-order valence-electron chi connectivity index (χ2n) is 5.58. The first kappa shape index (κ1) is 16.3. The third-order valence-corrected chi connectivity index (χ3v) is 4.60. The van der Waals surface area contributed by atoms with E-state index in [2.05, 4.69) is 17.9 Å². The number of benzene rings is 1. The van der Waals surface area contributed by atoms with E-state index in [1.165, 1.54) is 0 Å². The van der Waals surface area contributed by atoms with Crippen LogP contribution < -0.4 is 5.73 Å². The second-order valence-corrected chi connectivity index (χ2v) is 5.99. The lowest BCUT2D eigenvalue weighted by Crippen LogP contribution is -2.52. The zero-order valence-electron chi connectivity index (χ0n) is 12.8. The van der Waals surface area contributed by atoms with Crippen LogP contribution in [-0.4, -0.2) is 47.9 Å². The molecule has 2 N–H and O–H groups in total. The summed E-state index contributed by atoms with van der Waals surface area (Å²) in [5.74, 6) is 0.142. The molecular weight excluding hydrogens is 286 g/mol. The molecule has 1 fully saturated rings. The van der Waals surface area contributed by atoms with Gasteiger partial charge in [-0.2, -0.15) is 0 Å². The average Bonchev–Trinajstić information content (AvgIpc) is 2.49. The molecule has 1 aromatic rings. The summed E-state index contributed by atoms with van der Waals surface area (Å²) in [5, 5.41) is 0.764. The molecule has 2 rings (SSSR count). The Morgan fingerprint density at radius 3 is 2.43 bits per heavy atom. The maximum Gasteiger partial charge on any atom is 0.219 e. The SMILES string of the molecule is CCC(N)C(c1ccccc1Cl)N1CCN(C(C)=O)CC1. The lowest BCUT2D eigenvalue weighted by atomic mass is 9.95. The number of nitrogens with zero attached hydrogens (tertiary/aromatic N) is 2. The summed E-state index contributed by atoms with van der Waals surface area (Å²) in [6, 6.07) is 8.06. The molecule has 1 heterocycles. The van der Waals surface area contributed by atoms with Gasteiger partial charge in [-0.1, -0.05) is 36.7 Å². The van der Waals surface area contributed by atoms with Crippen LogP contribution in [0.2, 0.25) is 5.02 Å². The normalized spacial score (nSPS) is 19.3. The smallest absolute Gasteiger partial charge is 0.219 e. The molecule has 0 radical (unpaired) electrons. The van der Waals surface area contributed by atoms with Gasteiger partial charge in [-0.15, -0.1) is 0 Å². The van der Waals surface area contributed by atoms with Crippen molar-refractivity contribution in [3.05, 3.63) is 34.9 Å². The van der Waals surface area contributed by atoms with Gasteiger partial charge in [0, 0.05) is 44.2 Å². The Bertz CT molecular complexity index is 486. The van der Waals surface area contributed by atoms with Gasteiger partial charge in [0.2, 0.25) is 5.91 Å². The standard InChI is InChI=1S/C16H24ClN3O/c1-3-15(18)16(13-6-4-5-7-14(13)17)20-10-8-19(9-11-20)12(2)21/h4-7,15-16H,3,8-11,18H2,1-2H3. The number of carbonyl (C=O) groups excluding carboxylic acids is 1. The van der Waals surface area contributed by atoms with Gasteiger partial charge in [0.25, 0.3) is 0 Å². The molecule has 1 saturated heterocycles. The van der Waals surface area contributed by atoms with Gasteiger partial charge < -0.3 is 10.6 Å². The molecule has 0 aliphatic carbocycles. The van der Waals surface area contributed by atoms with Crippen molar-refractivity contribution in [1.29, 1.82) is 0 Å². The lowest BCUT2D eigenvalue weighted by molar-refractivity contribution is -0.130. The van der Waals surface area contributed by atoms with Gasteiger partial charge in [-0.3, -0.25) is 9.69 Å². The molecule has 1 aliphatic heterocycles. The fourth-order valence-electron chi connectivity index (χ4n) is 2.95. The second kappa shape index (κ2) is 7.25. The number of halogens is 1. The Balaban J connectivity index is 2.19. The fraction of sp³-hybridized carbons (Fsp3) is 0.562. The van der Waals surface area contributed by atoms with Crippen LogP contribution in [0.3, 0.4) is 0 Å². The molecule has 0 spiro atoms. The van der Waals surface area contributed by atoms with E-state index in [-0.39, 0.29) is 18.0 Å². The van der Waals surface area contributed by atoms with Gasteiger partial charge in [-0.05, 0) is 18.1 Å². The van der Waals surface area contributed by atoms with Crippen molar-refractivity contribution in [1.82, 2.24) is 9.80 Å². The van der Waals surface area contributed by atoms with Crippen molar-refractivity contribution >= 4 is 17.5 Å². The topological polar surface area (TPSA) is 49.6 Å². The Morgan fingerprint density at radius 1 is 1.29 bits per heavy atom. The van der Waals surface area contributed by atoms with Gasteiger partial charge in [-0.25, -0.2) is 0 Å². The molecule has 1 aromatic carbocycles. The van der Waals surface area contributed by atoms with E-state index in [9.17, 15) is 4.79 Å². The summed E-state index contributed by atoms with van der Waals surface area (Å²) < 4.78 is 0.